The van der Waals surface area contributed by atoms with Crippen molar-refractivity contribution in [3.63, 3.8) is 0 Å². The molecule has 4 heteroatoms. The van der Waals surface area contributed by atoms with Crippen LogP contribution in [0.4, 0.5) is 4.79 Å². The average Bonchev–Trinajstić information content (AvgIpc) is 2.38. The fourth-order valence-electron chi connectivity index (χ4n) is 1.73. The molecule has 3 atom stereocenters. The van der Waals surface area contributed by atoms with E-state index < -0.39 is 6.09 Å². The highest BCUT2D eigenvalue weighted by molar-refractivity contribution is 5.65. The summed E-state index contributed by atoms with van der Waals surface area (Å²) in [5, 5.41) is 8.52. The third-order valence-electron chi connectivity index (χ3n) is 2.53. The molecule has 10 heavy (non-hydrogen) atoms. The van der Waals surface area contributed by atoms with E-state index in [9.17, 15) is 4.79 Å². The van der Waals surface area contributed by atoms with E-state index in [1.807, 2.05) is 0 Å². The van der Waals surface area contributed by atoms with Gasteiger partial charge < -0.3 is 15.7 Å². The van der Waals surface area contributed by atoms with Crippen LogP contribution in [-0.4, -0.2) is 35.2 Å². The molecule has 2 aliphatic rings. The first-order valence-corrected chi connectivity index (χ1v) is 3.43. The third kappa shape index (κ3) is 0.623. The highest BCUT2D eigenvalue weighted by atomic mass is 16.4. The van der Waals surface area contributed by atoms with Crippen LogP contribution in [0.25, 0.3) is 0 Å². The molecule has 4 nitrogen and oxygen atoms in total. The number of amides is 1. The van der Waals surface area contributed by atoms with Gasteiger partial charge in [-0.15, -0.1) is 0 Å². The van der Waals surface area contributed by atoms with Gasteiger partial charge in [-0.3, -0.25) is 0 Å². The van der Waals surface area contributed by atoms with Crippen molar-refractivity contribution in [1.29, 1.82) is 0 Å². The standard InChI is InChI=1S/C6H10N2O2/c7-5-3-1-8(6(9)10)2-4(3)5/h3-5H,1-2,7H2,(H,9,10)/t3-,4+,5?. The molecule has 1 aliphatic carbocycles. The van der Waals surface area contributed by atoms with Crippen LogP contribution in [0.3, 0.4) is 0 Å². The van der Waals surface area contributed by atoms with Gasteiger partial charge in [0.1, 0.15) is 0 Å². The zero-order valence-electron chi connectivity index (χ0n) is 5.53. The number of piperidine rings is 1. The van der Waals surface area contributed by atoms with Gasteiger partial charge in [0.15, 0.2) is 0 Å². The predicted molar refractivity (Wildman–Crippen MR) is 34.6 cm³/mol. The Morgan fingerprint density at radius 2 is 2.00 bits per heavy atom. The zero-order valence-corrected chi connectivity index (χ0v) is 5.53. The van der Waals surface area contributed by atoms with Crippen molar-refractivity contribution in [3.8, 4) is 0 Å². The van der Waals surface area contributed by atoms with Crippen LogP contribution in [0.15, 0.2) is 0 Å². The predicted octanol–water partition coefficient (Wildman–Crippen LogP) is -0.447. The lowest BCUT2D eigenvalue weighted by molar-refractivity contribution is 0.150. The number of carboxylic acid groups (broad SMARTS) is 1. The van der Waals surface area contributed by atoms with Crippen LogP contribution < -0.4 is 5.73 Å². The molecule has 1 aliphatic heterocycles. The monoisotopic (exact) mass is 142 g/mol. The minimum Gasteiger partial charge on any atom is -0.465 e. The zero-order chi connectivity index (χ0) is 7.30. The largest absolute Gasteiger partial charge is 0.465 e. The van der Waals surface area contributed by atoms with Crippen LogP contribution in [-0.2, 0) is 0 Å². The summed E-state index contributed by atoms with van der Waals surface area (Å²) < 4.78 is 0. The van der Waals surface area contributed by atoms with E-state index in [1.54, 1.807) is 0 Å². The van der Waals surface area contributed by atoms with Gasteiger partial charge in [-0.25, -0.2) is 4.79 Å². The van der Waals surface area contributed by atoms with Crippen LogP contribution in [0.2, 0.25) is 0 Å². The first-order valence-electron chi connectivity index (χ1n) is 3.43. The molecule has 1 saturated heterocycles. The Labute approximate surface area is 58.6 Å². The summed E-state index contributed by atoms with van der Waals surface area (Å²) >= 11 is 0. The molecule has 1 unspecified atom stereocenters. The highest BCUT2D eigenvalue weighted by Crippen LogP contribution is 2.43. The summed E-state index contributed by atoms with van der Waals surface area (Å²) in [6.45, 7) is 1.31. The van der Waals surface area contributed by atoms with E-state index in [1.165, 1.54) is 4.90 Å². The lowest BCUT2D eigenvalue weighted by atomic mass is 10.4. The van der Waals surface area contributed by atoms with Crippen molar-refractivity contribution in [2.24, 2.45) is 17.6 Å². The molecule has 0 aromatic heterocycles. The smallest absolute Gasteiger partial charge is 0.407 e. The fraction of sp³-hybridized carbons (Fsp3) is 0.833. The topological polar surface area (TPSA) is 66.6 Å². The summed E-state index contributed by atoms with van der Waals surface area (Å²) in [7, 11) is 0. The maximum atomic E-state index is 10.4. The van der Waals surface area contributed by atoms with E-state index in [0.717, 1.165) is 0 Å². The molecule has 1 amide bonds. The van der Waals surface area contributed by atoms with Gasteiger partial charge in [0, 0.05) is 19.1 Å². The number of nitrogens with two attached hydrogens (primary N) is 1. The van der Waals surface area contributed by atoms with Crippen molar-refractivity contribution in [2.45, 2.75) is 6.04 Å². The van der Waals surface area contributed by atoms with Crippen LogP contribution in [0, 0.1) is 11.8 Å². The minimum atomic E-state index is -0.806. The Balaban J connectivity index is 1.95. The Hall–Kier alpha value is -0.770. The lowest BCUT2D eigenvalue weighted by Gasteiger charge is -2.13. The second kappa shape index (κ2) is 1.63. The van der Waals surface area contributed by atoms with Crippen molar-refractivity contribution < 1.29 is 9.90 Å². The van der Waals surface area contributed by atoms with Gasteiger partial charge in [-0.1, -0.05) is 0 Å². The number of nitrogens with zero attached hydrogens (tertiary/aromatic N) is 1. The molecule has 0 radical (unpaired) electrons. The number of carbonyl (C=O) groups is 1. The van der Waals surface area contributed by atoms with E-state index in [0.29, 0.717) is 24.9 Å². The Kier molecular flexibility index (Phi) is 0.976. The minimum absolute atomic E-state index is 0.288. The molecule has 1 heterocycles. The Morgan fingerprint density at radius 1 is 1.50 bits per heavy atom. The molecule has 1 saturated carbocycles. The number of hydrogen-bond acceptors (Lipinski definition) is 2. The maximum Gasteiger partial charge on any atom is 0.407 e. The molecule has 0 spiro atoms. The van der Waals surface area contributed by atoms with Gasteiger partial charge in [0.05, 0.1) is 0 Å². The first-order chi connectivity index (χ1) is 4.70. The van der Waals surface area contributed by atoms with Gasteiger partial charge in [-0.2, -0.15) is 0 Å². The van der Waals surface area contributed by atoms with Crippen LogP contribution in [0.5, 0.6) is 0 Å². The first kappa shape index (κ1) is 5.97. The van der Waals surface area contributed by atoms with Crippen molar-refractivity contribution in [1.82, 2.24) is 4.90 Å². The fourth-order valence-corrected chi connectivity index (χ4v) is 1.73. The van der Waals surface area contributed by atoms with E-state index in [2.05, 4.69) is 0 Å². The third-order valence-corrected chi connectivity index (χ3v) is 2.53. The molecule has 2 rings (SSSR count). The molecule has 2 fully saturated rings. The van der Waals surface area contributed by atoms with E-state index in [-0.39, 0.29) is 6.04 Å². The molecule has 3 N–H and O–H groups in total. The molecule has 0 aromatic rings. The second-order valence-electron chi connectivity index (χ2n) is 3.09. The highest BCUT2D eigenvalue weighted by Gasteiger charge is 2.54. The Bertz CT molecular complexity index is 171. The van der Waals surface area contributed by atoms with Gasteiger partial charge >= 0.3 is 6.09 Å². The number of fused-ring (bicyclic) bond motifs is 1. The molecular weight excluding hydrogens is 132 g/mol. The molecule has 0 bridgehead atoms. The van der Waals surface area contributed by atoms with Gasteiger partial charge in [-0.05, 0) is 11.8 Å². The van der Waals surface area contributed by atoms with Crippen LogP contribution >= 0.6 is 0 Å². The summed E-state index contributed by atoms with van der Waals surface area (Å²) in [6.07, 6.45) is -0.806. The summed E-state index contributed by atoms with van der Waals surface area (Å²) in [6, 6.07) is 0.288. The van der Waals surface area contributed by atoms with Gasteiger partial charge in [0.2, 0.25) is 0 Å². The van der Waals surface area contributed by atoms with E-state index in [4.69, 9.17) is 10.8 Å². The summed E-state index contributed by atoms with van der Waals surface area (Å²) in [4.78, 5) is 11.8. The van der Waals surface area contributed by atoms with Crippen LogP contribution in [0.1, 0.15) is 0 Å². The normalized spacial score (nSPS) is 43.3. The molecule has 56 valence electrons. The molecule has 0 aromatic carbocycles. The number of rotatable bonds is 0. The lowest BCUT2D eigenvalue weighted by Crippen LogP contribution is -2.32. The van der Waals surface area contributed by atoms with Crippen molar-refractivity contribution in [2.75, 3.05) is 13.1 Å². The van der Waals surface area contributed by atoms with Crippen molar-refractivity contribution in [3.05, 3.63) is 0 Å². The van der Waals surface area contributed by atoms with E-state index >= 15 is 0 Å². The van der Waals surface area contributed by atoms with Gasteiger partial charge in [0.25, 0.3) is 0 Å². The van der Waals surface area contributed by atoms with Crippen molar-refractivity contribution >= 4 is 6.09 Å². The average molecular weight is 142 g/mol. The SMILES string of the molecule is NC1[C@H]2CN(C(=O)O)C[C@@H]12. The maximum absolute atomic E-state index is 10.4. The number of hydrogen-bond donors (Lipinski definition) is 2. The summed E-state index contributed by atoms with van der Waals surface area (Å²) in [5.41, 5.74) is 5.61. The second-order valence-corrected chi connectivity index (χ2v) is 3.09. The Morgan fingerprint density at radius 3 is 2.40 bits per heavy atom. The summed E-state index contributed by atoms with van der Waals surface area (Å²) in [5.74, 6) is 0.937. The quantitative estimate of drug-likeness (QED) is 0.481. The number of likely N-dealkylation sites (tertiary alicyclic amines) is 1. The molecular formula is C6H10N2O2.